The van der Waals surface area contributed by atoms with Crippen molar-refractivity contribution in [2.24, 2.45) is 5.73 Å². The number of carbonyl (C=O) groups excluding carboxylic acids is 2. The van der Waals surface area contributed by atoms with Gasteiger partial charge in [-0.2, -0.15) is 0 Å². The van der Waals surface area contributed by atoms with E-state index in [1.807, 2.05) is 6.92 Å². The second kappa shape index (κ2) is 21.7. The van der Waals surface area contributed by atoms with Crippen LogP contribution in [-0.2, 0) is 23.8 Å². The van der Waals surface area contributed by atoms with E-state index in [1.54, 1.807) is 7.11 Å². The van der Waals surface area contributed by atoms with E-state index >= 15 is 0 Å². The molecule has 1 aliphatic heterocycles. The smallest absolute Gasteiger partial charge is 0.246 e. The molecule has 10 nitrogen and oxygen atoms in total. The van der Waals surface area contributed by atoms with Crippen molar-refractivity contribution in [3.8, 4) is 0 Å². The van der Waals surface area contributed by atoms with Gasteiger partial charge in [-0.1, -0.05) is 0 Å². The van der Waals surface area contributed by atoms with Gasteiger partial charge in [-0.3, -0.25) is 14.5 Å². The number of rotatable bonds is 10. The molecule has 0 spiro atoms. The third-order valence-corrected chi connectivity index (χ3v) is 3.08. The number of amides is 2. The van der Waals surface area contributed by atoms with Gasteiger partial charge in [0, 0.05) is 60.1 Å². The Hall–Kier alpha value is -1.30. The average Bonchev–Trinajstić information content (AvgIpc) is 2.67. The molecule has 0 aromatic rings. The van der Waals surface area contributed by atoms with Gasteiger partial charge < -0.3 is 35.7 Å². The first kappa shape index (κ1) is 26.9. The van der Waals surface area contributed by atoms with Crippen LogP contribution >= 0.6 is 0 Å². The lowest BCUT2D eigenvalue weighted by Crippen LogP contribution is -2.39. The van der Waals surface area contributed by atoms with Crippen LogP contribution in [0.1, 0.15) is 6.92 Å². The van der Waals surface area contributed by atoms with Gasteiger partial charge in [-0.05, 0) is 6.92 Å². The van der Waals surface area contributed by atoms with Gasteiger partial charge in [0.15, 0.2) is 0 Å². The lowest BCUT2D eigenvalue weighted by molar-refractivity contribution is -0.125. The van der Waals surface area contributed by atoms with E-state index in [2.05, 4.69) is 25.0 Å². The number of nitrogens with zero attached hydrogens (tertiary/aromatic N) is 1. The Morgan fingerprint density at radius 3 is 2.38 bits per heavy atom. The number of morpholine rings is 1. The quantitative estimate of drug-likeness (QED) is 0.313. The fraction of sp³-hybridized carbons (Fsp3) is 0.875. The summed E-state index contributed by atoms with van der Waals surface area (Å²) < 4.78 is 14.3. The Morgan fingerprint density at radius 2 is 1.92 bits per heavy atom. The minimum atomic E-state index is -0.772. The molecule has 1 atom stereocenters. The number of aliphatic hydroxyl groups is 1. The highest BCUT2D eigenvalue weighted by atomic mass is 16.5. The van der Waals surface area contributed by atoms with Crippen LogP contribution in [-0.4, -0.2) is 108 Å². The fourth-order valence-electron chi connectivity index (χ4n) is 1.68. The zero-order chi connectivity index (χ0) is 20.0. The Morgan fingerprint density at radius 1 is 1.31 bits per heavy atom. The molecule has 5 N–H and O–H groups in total. The molecule has 26 heavy (non-hydrogen) atoms. The summed E-state index contributed by atoms with van der Waals surface area (Å²) in [6.07, 6.45) is -0.286. The van der Waals surface area contributed by atoms with E-state index in [9.17, 15) is 9.59 Å². The van der Waals surface area contributed by atoms with Crippen molar-refractivity contribution in [3.63, 3.8) is 0 Å². The molecular formula is C16H36N4O6. The van der Waals surface area contributed by atoms with Gasteiger partial charge in [0.1, 0.15) is 6.61 Å². The van der Waals surface area contributed by atoms with Crippen molar-refractivity contribution >= 4 is 12.3 Å². The summed E-state index contributed by atoms with van der Waals surface area (Å²) in [4.78, 5) is 22.9. The molecule has 0 aromatic heterocycles. The van der Waals surface area contributed by atoms with E-state index in [1.165, 1.54) is 7.11 Å². The Kier molecular flexibility index (Phi) is 22.5. The van der Waals surface area contributed by atoms with E-state index in [0.29, 0.717) is 6.41 Å². The van der Waals surface area contributed by atoms with Gasteiger partial charge >= 0.3 is 0 Å². The Labute approximate surface area is 156 Å². The molecule has 2 amide bonds. The molecule has 0 aliphatic carbocycles. The average molecular weight is 380 g/mol. The molecule has 156 valence electrons. The molecular weight excluding hydrogens is 344 g/mol. The molecule has 1 saturated heterocycles. The number of aliphatic hydroxyl groups excluding tert-OH is 1. The van der Waals surface area contributed by atoms with Crippen LogP contribution in [0.15, 0.2) is 0 Å². The first-order valence-electron chi connectivity index (χ1n) is 8.65. The van der Waals surface area contributed by atoms with Crippen LogP contribution in [0, 0.1) is 0 Å². The highest BCUT2D eigenvalue weighted by Crippen LogP contribution is 1.93. The van der Waals surface area contributed by atoms with Crippen LogP contribution in [0.25, 0.3) is 0 Å². The molecule has 1 heterocycles. The highest BCUT2D eigenvalue weighted by molar-refractivity contribution is 5.77. The number of carbonyl (C=O) groups is 2. The maximum absolute atomic E-state index is 10.8. The van der Waals surface area contributed by atoms with Crippen molar-refractivity contribution in [1.29, 1.82) is 0 Å². The van der Waals surface area contributed by atoms with Crippen molar-refractivity contribution < 1.29 is 28.9 Å². The number of ether oxygens (including phenoxy) is 3. The minimum Gasteiger partial charge on any atom is -0.389 e. The second-order valence-corrected chi connectivity index (χ2v) is 5.24. The van der Waals surface area contributed by atoms with Crippen LogP contribution < -0.4 is 16.4 Å². The SMILES string of the molecule is CCOC.COCC(=O)NCC(O)CNC=O.NCCN1CCOCC1. The Bertz CT molecular complexity index is 312. The van der Waals surface area contributed by atoms with Gasteiger partial charge in [0.05, 0.1) is 19.3 Å². The standard InChI is InChI=1S/C7H14N2O4.C6H14N2O.C3H8O/c1-13-4-7(12)9-3-6(11)2-8-5-10;7-1-2-8-3-5-9-6-4-8;1-3-4-2/h5-6,11H,2-4H2,1H3,(H,8,10)(H,9,12);1-7H2;3H2,1-2H3. The summed E-state index contributed by atoms with van der Waals surface area (Å²) >= 11 is 0. The summed E-state index contributed by atoms with van der Waals surface area (Å²) in [7, 11) is 3.09. The van der Waals surface area contributed by atoms with Gasteiger partial charge in [-0.15, -0.1) is 0 Å². The third kappa shape index (κ3) is 20.7. The van der Waals surface area contributed by atoms with E-state index in [-0.39, 0.29) is 25.6 Å². The summed E-state index contributed by atoms with van der Waals surface area (Å²) in [5.74, 6) is -0.298. The normalized spacial score (nSPS) is 14.8. The van der Waals surface area contributed by atoms with E-state index in [0.717, 1.165) is 46.0 Å². The summed E-state index contributed by atoms with van der Waals surface area (Å²) in [5, 5.41) is 13.8. The predicted octanol–water partition coefficient (Wildman–Crippen LogP) is -2.21. The summed E-state index contributed by atoms with van der Waals surface area (Å²) in [6, 6.07) is 0. The monoisotopic (exact) mass is 380 g/mol. The molecule has 1 rings (SSSR count). The van der Waals surface area contributed by atoms with E-state index < -0.39 is 6.10 Å². The predicted molar refractivity (Wildman–Crippen MR) is 98.8 cm³/mol. The fourth-order valence-corrected chi connectivity index (χ4v) is 1.68. The van der Waals surface area contributed by atoms with Crippen molar-refractivity contribution in [2.45, 2.75) is 13.0 Å². The van der Waals surface area contributed by atoms with E-state index in [4.69, 9.17) is 15.6 Å². The van der Waals surface area contributed by atoms with Gasteiger partial charge in [0.25, 0.3) is 0 Å². The molecule has 0 bridgehead atoms. The molecule has 10 heteroatoms. The zero-order valence-electron chi connectivity index (χ0n) is 16.2. The summed E-state index contributed by atoms with van der Waals surface area (Å²) in [6.45, 7) is 8.60. The number of nitrogens with two attached hydrogens (primary N) is 1. The molecule has 1 aliphatic rings. The lowest BCUT2D eigenvalue weighted by atomic mass is 10.3. The number of hydrogen-bond acceptors (Lipinski definition) is 8. The van der Waals surface area contributed by atoms with Crippen LogP contribution in [0.5, 0.6) is 0 Å². The zero-order valence-corrected chi connectivity index (χ0v) is 16.2. The van der Waals surface area contributed by atoms with Crippen molar-refractivity contribution in [2.75, 3.05) is 79.9 Å². The molecule has 0 saturated carbocycles. The highest BCUT2D eigenvalue weighted by Gasteiger charge is 2.07. The first-order valence-corrected chi connectivity index (χ1v) is 8.65. The largest absolute Gasteiger partial charge is 0.389 e. The number of hydrogen-bond donors (Lipinski definition) is 4. The Balaban J connectivity index is 0. The molecule has 1 unspecified atom stereocenters. The van der Waals surface area contributed by atoms with Crippen LogP contribution in [0.2, 0.25) is 0 Å². The molecule has 0 radical (unpaired) electrons. The number of nitrogens with one attached hydrogen (secondary N) is 2. The lowest BCUT2D eigenvalue weighted by Gasteiger charge is -2.25. The van der Waals surface area contributed by atoms with Gasteiger partial charge in [0.2, 0.25) is 12.3 Å². The van der Waals surface area contributed by atoms with Crippen LogP contribution in [0.4, 0.5) is 0 Å². The second-order valence-electron chi connectivity index (χ2n) is 5.24. The third-order valence-electron chi connectivity index (χ3n) is 3.08. The number of methoxy groups -OCH3 is 2. The molecule has 1 fully saturated rings. The maximum atomic E-state index is 10.8. The summed E-state index contributed by atoms with van der Waals surface area (Å²) in [5.41, 5.74) is 5.38. The van der Waals surface area contributed by atoms with Crippen molar-refractivity contribution in [1.82, 2.24) is 15.5 Å². The minimum absolute atomic E-state index is 0.0339. The maximum Gasteiger partial charge on any atom is 0.246 e. The van der Waals surface area contributed by atoms with Gasteiger partial charge in [-0.25, -0.2) is 0 Å². The van der Waals surface area contributed by atoms with Crippen LogP contribution in [0.3, 0.4) is 0 Å². The first-order chi connectivity index (χ1) is 12.5. The molecule has 0 aromatic carbocycles. The topological polar surface area (TPSA) is 135 Å². The van der Waals surface area contributed by atoms with Crippen molar-refractivity contribution in [3.05, 3.63) is 0 Å².